The number of hydrogen-bond donors (Lipinski definition) is 0. The fourth-order valence-electron chi connectivity index (χ4n) is 0.707. The molecule has 3 heterocycles. The minimum absolute atomic E-state index is 1.50. The number of aromatic nitrogens is 2. The lowest BCUT2D eigenvalue weighted by atomic mass is 10.7. The van der Waals surface area contributed by atoms with Gasteiger partial charge in [-0.25, -0.2) is 9.97 Å². The largest absolute Gasteiger partial charge is 0.473 e. The van der Waals surface area contributed by atoms with E-state index in [2.05, 4.69) is 14.4 Å². The van der Waals surface area contributed by atoms with Gasteiger partial charge in [-0.2, -0.15) is 11.3 Å². The third-order valence-corrected chi connectivity index (χ3v) is 1.96. The third kappa shape index (κ3) is 7.46. The van der Waals surface area contributed by atoms with Crippen LogP contribution in [-0.4, -0.2) is 9.97 Å². The van der Waals surface area contributed by atoms with Crippen molar-refractivity contribution in [2.45, 2.75) is 0 Å². The maximum atomic E-state index is 4.58. The van der Waals surface area contributed by atoms with Gasteiger partial charge in [-0.1, -0.05) is 12.1 Å². The summed E-state index contributed by atoms with van der Waals surface area (Å²) in [5.74, 6) is 0. The number of nitrogens with zero attached hydrogens (tertiary/aromatic N) is 2. The van der Waals surface area contributed by atoms with Gasteiger partial charge in [-0.15, -0.1) is 0 Å². The highest BCUT2D eigenvalue weighted by atomic mass is 32.1. The highest BCUT2D eigenvalue weighted by Gasteiger charge is 1.60. The van der Waals surface area contributed by atoms with E-state index < -0.39 is 0 Å². The molecule has 0 aromatic carbocycles. The zero-order valence-corrected chi connectivity index (χ0v) is 9.46. The van der Waals surface area contributed by atoms with Gasteiger partial charge in [-0.05, 0) is 29.0 Å². The summed E-state index contributed by atoms with van der Waals surface area (Å²) < 4.78 is 4.58. The van der Waals surface area contributed by atoms with Gasteiger partial charge in [0.1, 0.15) is 6.33 Å². The summed E-state index contributed by atoms with van der Waals surface area (Å²) in [6.07, 6.45) is 8.12. The lowest BCUT2D eigenvalue weighted by Crippen LogP contribution is -1.66. The Balaban J connectivity index is 0.000000121. The van der Waals surface area contributed by atoms with Gasteiger partial charge in [0.15, 0.2) is 0 Å². The predicted octanol–water partition coefficient (Wildman–Crippen LogP) is 3.50. The van der Waals surface area contributed by atoms with Gasteiger partial charge in [0, 0.05) is 12.4 Å². The van der Waals surface area contributed by atoms with Crippen molar-refractivity contribution < 1.29 is 4.42 Å². The normalized spacial score (nSPS) is 8.00. The van der Waals surface area contributed by atoms with Crippen molar-refractivity contribution in [1.82, 2.24) is 9.97 Å². The van der Waals surface area contributed by atoms with E-state index in [0.29, 0.717) is 0 Å². The molecule has 3 nitrogen and oxygen atoms in total. The van der Waals surface area contributed by atoms with Gasteiger partial charge in [0.25, 0.3) is 0 Å². The molecular weight excluding hydrogens is 220 g/mol. The molecule has 0 saturated carbocycles. The van der Waals surface area contributed by atoms with Crippen LogP contribution in [0.2, 0.25) is 0 Å². The van der Waals surface area contributed by atoms with Crippen molar-refractivity contribution in [2.75, 3.05) is 0 Å². The molecule has 82 valence electrons. The van der Waals surface area contributed by atoms with Crippen LogP contribution in [0.5, 0.6) is 0 Å². The molecule has 0 atom stereocenters. The van der Waals surface area contributed by atoms with E-state index >= 15 is 0 Å². The van der Waals surface area contributed by atoms with E-state index in [1.807, 2.05) is 35.0 Å². The molecule has 4 heteroatoms. The van der Waals surface area contributed by atoms with E-state index in [4.69, 9.17) is 0 Å². The Morgan fingerprint density at radius 2 is 1.38 bits per heavy atom. The van der Waals surface area contributed by atoms with Crippen LogP contribution in [0, 0.1) is 0 Å². The summed E-state index contributed by atoms with van der Waals surface area (Å²) in [7, 11) is 0. The summed E-state index contributed by atoms with van der Waals surface area (Å²) in [5, 5.41) is 4.08. The van der Waals surface area contributed by atoms with Crippen LogP contribution in [0.25, 0.3) is 0 Å². The Bertz CT molecular complexity index is 310. The lowest BCUT2D eigenvalue weighted by molar-refractivity contribution is 0.567. The second-order valence-electron chi connectivity index (χ2n) is 2.49. The van der Waals surface area contributed by atoms with Crippen LogP contribution in [-0.2, 0) is 0 Å². The Kier molecular flexibility index (Phi) is 7.29. The lowest BCUT2D eigenvalue weighted by Gasteiger charge is -1.70. The molecule has 0 saturated heterocycles. The van der Waals surface area contributed by atoms with Crippen LogP contribution in [0.15, 0.2) is 76.8 Å². The summed E-state index contributed by atoms with van der Waals surface area (Å²) in [6, 6.07) is 9.48. The second-order valence-corrected chi connectivity index (χ2v) is 3.31. The zero-order valence-electron chi connectivity index (χ0n) is 8.64. The van der Waals surface area contributed by atoms with Gasteiger partial charge >= 0.3 is 0 Å². The molecule has 0 aliphatic rings. The average Bonchev–Trinajstić information content (AvgIpc) is 3.10. The SMILES string of the molecule is c1ccoc1.c1ccsc1.c1cncnc1. The van der Waals surface area contributed by atoms with Crippen molar-refractivity contribution >= 4 is 11.3 Å². The standard InChI is InChI=1S/C4H4N2.C4H4O.C4H4S/c1-2-5-4-6-3-1;2*1-2-4-5-3-1/h1-4H;2*1-4H. The van der Waals surface area contributed by atoms with Crippen molar-refractivity contribution in [1.29, 1.82) is 0 Å². The summed E-state index contributed by atoms with van der Waals surface area (Å²) in [4.78, 5) is 7.35. The molecule has 0 aliphatic carbocycles. The topological polar surface area (TPSA) is 38.9 Å². The third-order valence-electron chi connectivity index (χ3n) is 1.33. The predicted molar refractivity (Wildman–Crippen MR) is 65.1 cm³/mol. The molecule has 3 rings (SSSR count). The highest BCUT2D eigenvalue weighted by molar-refractivity contribution is 7.07. The summed E-state index contributed by atoms with van der Waals surface area (Å²) in [6.45, 7) is 0. The van der Waals surface area contributed by atoms with E-state index in [1.54, 1.807) is 42.3 Å². The Morgan fingerprint density at radius 3 is 1.56 bits per heavy atom. The van der Waals surface area contributed by atoms with Gasteiger partial charge in [-0.3, -0.25) is 0 Å². The molecule has 0 spiro atoms. The molecule has 0 N–H and O–H groups in total. The quantitative estimate of drug-likeness (QED) is 0.595. The van der Waals surface area contributed by atoms with E-state index in [1.165, 1.54) is 6.33 Å². The first kappa shape index (κ1) is 12.1. The Morgan fingerprint density at radius 1 is 0.750 bits per heavy atom. The van der Waals surface area contributed by atoms with Crippen LogP contribution in [0.1, 0.15) is 0 Å². The first-order valence-corrected chi connectivity index (χ1v) is 5.59. The molecule has 0 bridgehead atoms. The summed E-state index contributed by atoms with van der Waals surface area (Å²) in [5.41, 5.74) is 0. The smallest absolute Gasteiger partial charge is 0.115 e. The number of rotatable bonds is 0. The molecule has 0 unspecified atom stereocenters. The van der Waals surface area contributed by atoms with Crippen molar-refractivity contribution in [3.63, 3.8) is 0 Å². The van der Waals surface area contributed by atoms with Crippen LogP contribution >= 0.6 is 11.3 Å². The molecule has 0 radical (unpaired) electrons. The molecular formula is C12H12N2OS. The fourth-order valence-corrected chi connectivity index (χ4v) is 1.16. The van der Waals surface area contributed by atoms with Crippen molar-refractivity contribution in [3.8, 4) is 0 Å². The number of thiophene rings is 1. The molecule has 0 fully saturated rings. The minimum atomic E-state index is 1.50. The van der Waals surface area contributed by atoms with E-state index in [0.717, 1.165) is 0 Å². The Hall–Kier alpha value is -1.94. The van der Waals surface area contributed by atoms with E-state index in [9.17, 15) is 0 Å². The molecule has 3 aromatic rings. The van der Waals surface area contributed by atoms with E-state index in [-0.39, 0.29) is 0 Å². The maximum absolute atomic E-state index is 4.58. The molecule has 3 aromatic heterocycles. The van der Waals surface area contributed by atoms with Gasteiger partial charge in [0.2, 0.25) is 0 Å². The Labute approximate surface area is 98.4 Å². The molecule has 0 aliphatic heterocycles. The number of furan rings is 1. The first-order valence-electron chi connectivity index (χ1n) is 4.64. The van der Waals surface area contributed by atoms with Crippen LogP contribution < -0.4 is 0 Å². The van der Waals surface area contributed by atoms with Crippen LogP contribution in [0.3, 0.4) is 0 Å². The molecule has 0 amide bonds. The zero-order chi connectivity index (χ0) is 11.3. The average molecular weight is 232 g/mol. The maximum Gasteiger partial charge on any atom is 0.115 e. The first-order chi connectivity index (χ1) is 8.00. The highest BCUT2D eigenvalue weighted by Crippen LogP contribution is 1.91. The van der Waals surface area contributed by atoms with Crippen molar-refractivity contribution in [3.05, 3.63) is 72.3 Å². The van der Waals surface area contributed by atoms with Crippen molar-refractivity contribution in [2.24, 2.45) is 0 Å². The summed E-state index contributed by atoms with van der Waals surface area (Å²) >= 11 is 1.71. The van der Waals surface area contributed by atoms with Gasteiger partial charge in [0.05, 0.1) is 12.5 Å². The molecule has 16 heavy (non-hydrogen) atoms. The van der Waals surface area contributed by atoms with Crippen LogP contribution in [0.4, 0.5) is 0 Å². The number of hydrogen-bond acceptors (Lipinski definition) is 4. The minimum Gasteiger partial charge on any atom is -0.473 e. The second kappa shape index (κ2) is 9.61. The monoisotopic (exact) mass is 232 g/mol. The van der Waals surface area contributed by atoms with Gasteiger partial charge < -0.3 is 4.42 Å². The fraction of sp³-hybridized carbons (Fsp3) is 0.